The first-order valence-corrected chi connectivity index (χ1v) is 5.09. The fourth-order valence-electron chi connectivity index (χ4n) is 1.39. The Morgan fingerprint density at radius 2 is 2.35 bits per heavy atom. The third kappa shape index (κ3) is 3.37. The number of carbonyl (C=O) groups is 1. The van der Waals surface area contributed by atoms with Gasteiger partial charge in [0.2, 0.25) is 5.91 Å². The maximum atomic E-state index is 12.9. The lowest BCUT2D eigenvalue weighted by atomic mass is 10.1. The van der Waals surface area contributed by atoms with Crippen LogP contribution in [-0.2, 0) is 17.8 Å². The highest BCUT2D eigenvalue weighted by atomic mass is 19.1. The average molecular weight is 234 g/mol. The molecule has 0 bridgehead atoms. The van der Waals surface area contributed by atoms with Crippen LogP contribution in [0, 0.1) is 5.82 Å². The lowest BCUT2D eigenvalue weighted by Crippen LogP contribution is -2.25. The van der Waals surface area contributed by atoms with Crippen LogP contribution >= 0.6 is 0 Å². The first kappa shape index (κ1) is 11.3. The molecule has 0 fully saturated rings. The molecule has 1 aromatic carbocycles. The van der Waals surface area contributed by atoms with Gasteiger partial charge < -0.3 is 5.32 Å². The fourth-order valence-corrected chi connectivity index (χ4v) is 1.39. The number of H-pyrrole nitrogens is 1. The van der Waals surface area contributed by atoms with Gasteiger partial charge in [-0.15, -0.1) is 0 Å². The second-order valence-electron chi connectivity index (χ2n) is 3.52. The Labute approximate surface area is 97.1 Å². The number of hydrogen-bond acceptors (Lipinski definition) is 3. The molecule has 17 heavy (non-hydrogen) atoms. The second-order valence-corrected chi connectivity index (χ2v) is 3.52. The van der Waals surface area contributed by atoms with Gasteiger partial charge in [0.05, 0.1) is 13.0 Å². The van der Waals surface area contributed by atoms with E-state index in [-0.39, 0.29) is 24.7 Å². The highest BCUT2D eigenvalue weighted by molar-refractivity contribution is 5.78. The maximum absolute atomic E-state index is 12.9. The molecule has 0 aliphatic heterocycles. The third-order valence-corrected chi connectivity index (χ3v) is 2.17. The summed E-state index contributed by atoms with van der Waals surface area (Å²) in [6, 6.07) is 5.97. The van der Waals surface area contributed by atoms with Crippen molar-refractivity contribution >= 4 is 5.91 Å². The van der Waals surface area contributed by atoms with Crippen LogP contribution < -0.4 is 5.32 Å². The van der Waals surface area contributed by atoms with Crippen LogP contribution in [0.2, 0.25) is 0 Å². The predicted molar refractivity (Wildman–Crippen MR) is 58.3 cm³/mol. The van der Waals surface area contributed by atoms with Crippen molar-refractivity contribution in [3.63, 3.8) is 0 Å². The van der Waals surface area contributed by atoms with E-state index in [1.165, 1.54) is 18.5 Å². The number of aromatic nitrogens is 3. The van der Waals surface area contributed by atoms with Gasteiger partial charge in [-0.3, -0.25) is 9.89 Å². The van der Waals surface area contributed by atoms with E-state index in [9.17, 15) is 9.18 Å². The largest absolute Gasteiger partial charge is 0.349 e. The molecule has 2 rings (SSSR count). The lowest BCUT2D eigenvalue weighted by molar-refractivity contribution is -0.120. The molecular weight excluding hydrogens is 223 g/mol. The minimum Gasteiger partial charge on any atom is -0.349 e. The van der Waals surface area contributed by atoms with Crippen LogP contribution in [0.25, 0.3) is 0 Å². The zero-order valence-electron chi connectivity index (χ0n) is 8.98. The van der Waals surface area contributed by atoms with Gasteiger partial charge in [-0.05, 0) is 17.7 Å². The number of aromatic amines is 1. The summed E-state index contributed by atoms with van der Waals surface area (Å²) in [5.41, 5.74) is 0.639. The van der Waals surface area contributed by atoms with Crippen molar-refractivity contribution in [1.29, 1.82) is 0 Å². The zero-order chi connectivity index (χ0) is 12.1. The van der Waals surface area contributed by atoms with Crippen LogP contribution in [0.5, 0.6) is 0 Å². The van der Waals surface area contributed by atoms with E-state index in [0.717, 1.165) is 0 Å². The summed E-state index contributed by atoms with van der Waals surface area (Å²) in [6.07, 6.45) is 1.51. The summed E-state index contributed by atoms with van der Waals surface area (Å²) in [7, 11) is 0. The van der Waals surface area contributed by atoms with Crippen molar-refractivity contribution in [2.75, 3.05) is 0 Å². The predicted octanol–water partition coefficient (Wildman–Crippen LogP) is 0.803. The number of amides is 1. The second kappa shape index (κ2) is 5.20. The first-order chi connectivity index (χ1) is 8.24. The van der Waals surface area contributed by atoms with Crippen LogP contribution in [-0.4, -0.2) is 21.1 Å². The number of hydrogen-bond donors (Lipinski definition) is 2. The van der Waals surface area contributed by atoms with E-state index in [1.54, 1.807) is 12.1 Å². The highest BCUT2D eigenvalue weighted by Gasteiger charge is 2.04. The van der Waals surface area contributed by atoms with E-state index in [0.29, 0.717) is 11.4 Å². The fraction of sp³-hybridized carbons (Fsp3) is 0.182. The maximum Gasteiger partial charge on any atom is 0.224 e. The van der Waals surface area contributed by atoms with Crippen LogP contribution in [0.4, 0.5) is 4.39 Å². The van der Waals surface area contributed by atoms with Crippen LogP contribution in [0.15, 0.2) is 30.6 Å². The van der Waals surface area contributed by atoms with Crippen molar-refractivity contribution < 1.29 is 9.18 Å². The SMILES string of the molecule is O=C(Cc1cccc(F)c1)NCc1ncn[nH]1. The summed E-state index contributed by atoms with van der Waals surface area (Å²) in [4.78, 5) is 15.4. The van der Waals surface area contributed by atoms with Crippen molar-refractivity contribution in [3.05, 3.63) is 47.8 Å². The van der Waals surface area contributed by atoms with E-state index in [4.69, 9.17) is 0 Å². The number of nitrogens with zero attached hydrogens (tertiary/aromatic N) is 2. The molecule has 0 spiro atoms. The molecule has 2 N–H and O–H groups in total. The molecule has 0 saturated heterocycles. The number of nitrogens with one attached hydrogen (secondary N) is 2. The first-order valence-electron chi connectivity index (χ1n) is 5.09. The monoisotopic (exact) mass is 234 g/mol. The minimum absolute atomic E-state index is 0.145. The molecule has 1 aromatic heterocycles. The summed E-state index contributed by atoms with van der Waals surface area (Å²) >= 11 is 0. The highest BCUT2D eigenvalue weighted by Crippen LogP contribution is 2.04. The van der Waals surface area contributed by atoms with E-state index >= 15 is 0 Å². The molecule has 88 valence electrons. The van der Waals surface area contributed by atoms with Crippen LogP contribution in [0.1, 0.15) is 11.4 Å². The molecule has 0 atom stereocenters. The standard InChI is InChI=1S/C11H11FN4O/c12-9-3-1-2-8(4-9)5-11(17)13-6-10-14-7-15-16-10/h1-4,7H,5-6H2,(H,13,17)(H,14,15,16). The summed E-state index contributed by atoms with van der Waals surface area (Å²) in [5, 5.41) is 8.95. The van der Waals surface area contributed by atoms with Gasteiger partial charge in [-0.1, -0.05) is 12.1 Å². The van der Waals surface area contributed by atoms with Gasteiger partial charge in [0.15, 0.2) is 0 Å². The van der Waals surface area contributed by atoms with E-state index < -0.39 is 0 Å². The van der Waals surface area contributed by atoms with E-state index in [2.05, 4.69) is 20.5 Å². The molecule has 5 nitrogen and oxygen atoms in total. The minimum atomic E-state index is -0.342. The molecule has 0 aliphatic rings. The van der Waals surface area contributed by atoms with Gasteiger partial charge in [0.25, 0.3) is 0 Å². The molecule has 6 heteroatoms. The summed E-state index contributed by atoms with van der Waals surface area (Å²) in [6.45, 7) is 0.286. The normalized spacial score (nSPS) is 10.2. The molecule has 1 heterocycles. The van der Waals surface area contributed by atoms with Crippen molar-refractivity contribution in [2.45, 2.75) is 13.0 Å². The molecular formula is C11H11FN4O. The Bertz CT molecular complexity index is 498. The average Bonchev–Trinajstić information content (AvgIpc) is 2.79. The Kier molecular flexibility index (Phi) is 3.44. The number of rotatable bonds is 4. The summed E-state index contributed by atoms with van der Waals surface area (Å²) in [5.74, 6) is 0.0510. The smallest absolute Gasteiger partial charge is 0.224 e. The van der Waals surface area contributed by atoms with Crippen molar-refractivity contribution in [1.82, 2.24) is 20.5 Å². The van der Waals surface area contributed by atoms with Crippen molar-refractivity contribution in [2.24, 2.45) is 0 Å². The van der Waals surface area contributed by atoms with Gasteiger partial charge in [-0.2, -0.15) is 5.10 Å². The Morgan fingerprint density at radius 3 is 3.06 bits per heavy atom. The van der Waals surface area contributed by atoms with Gasteiger partial charge >= 0.3 is 0 Å². The Balaban J connectivity index is 1.85. The molecule has 2 aromatic rings. The summed E-state index contributed by atoms with van der Waals surface area (Å²) < 4.78 is 12.9. The topological polar surface area (TPSA) is 70.7 Å². The van der Waals surface area contributed by atoms with Gasteiger partial charge in [0, 0.05) is 0 Å². The molecule has 0 aliphatic carbocycles. The third-order valence-electron chi connectivity index (χ3n) is 2.17. The lowest BCUT2D eigenvalue weighted by Gasteiger charge is -2.03. The van der Waals surface area contributed by atoms with Crippen molar-refractivity contribution in [3.8, 4) is 0 Å². The Hall–Kier alpha value is -2.24. The molecule has 1 amide bonds. The van der Waals surface area contributed by atoms with Gasteiger partial charge in [0.1, 0.15) is 18.0 Å². The molecule has 0 radical (unpaired) electrons. The number of carbonyl (C=O) groups excluding carboxylic acids is 1. The zero-order valence-corrected chi connectivity index (χ0v) is 8.98. The molecule has 0 saturated carbocycles. The molecule has 0 unspecified atom stereocenters. The quantitative estimate of drug-likeness (QED) is 0.822. The van der Waals surface area contributed by atoms with E-state index in [1.807, 2.05) is 0 Å². The van der Waals surface area contributed by atoms with Crippen LogP contribution in [0.3, 0.4) is 0 Å². The number of benzene rings is 1. The van der Waals surface area contributed by atoms with Gasteiger partial charge in [-0.25, -0.2) is 9.37 Å². The number of halogens is 1. The Morgan fingerprint density at radius 1 is 1.47 bits per heavy atom.